The molecule has 16 heavy (non-hydrogen) atoms. The minimum Gasteiger partial charge on any atom is -0.496 e. The molecule has 0 saturated heterocycles. The van der Waals surface area contributed by atoms with E-state index in [1.165, 1.54) is 5.56 Å². The van der Waals surface area contributed by atoms with Gasteiger partial charge in [0.2, 0.25) is 0 Å². The molecule has 2 nitrogen and oxygen atoms in total. The molecule has 0 spiro atoms. The van der Waals surface area contributed by atoms with Crippen LogP contribution >= 0.6 is 15.9 Å². The molecule has 90 valence electrons. The van der Waals surface area contributed by atoms with Gasteiger partial charge in [-0.25, -0.2) is 0 Å². The summed E-state index contributed by atoms with van der Waals surface area (Å²) in [5.41, 5.74) is 1.18. The smallest absolute Gasteiger partial charge is 0.133 e. The average molecular weight is 287 g/mol. The molecule has 3 heteroatoms. The molecule has 0 amide bonds. The van der Waals surface area contributed by atoms with Crippen molar-refractivity contribution in [3.05, 3.63) is 28.2 Å². The van der Waals surface area contributed by atoms with Gasteiger partial charge in [-0.3, -0.25) is 0 Å². The maximum atomic E-state index is 9.38. The van der Waals surface area contributed by atoms with Crippen molar-refractivity contribution >= 4 is 15.9 Å². The van der Waals surface area contributed by atoms with Gasteiger partial charge in [0.15, 0.2) is 0 Å². The lowest BCUT2D eigenvalue weighted by Crippen LogP contribution is -2.23. The minimum absolute atomic E-state index is 0.0337. The zero-order chi connectivity index (χ0) is 12.2. The number of halogens is 1. The van der Waals surface area contributed by atoms with Crippen LogP contribution in [0.5, 0.6) is 5.75 Å². The molecule has 1 unspecified atom stereocenters. The third-order valence-corrected chi connectivity index (χ3v) is 3.70. The van der Waals surface area contributed by atoms with E-state index < -0.39 is 0 Å². The summed E-state index contributed by atoms with van der Waals surface area (Å²) in [6.45, 7) is 4.42. The van der Waals surface area contributed by atoms with Gasteiger partial charge in [-0.2, -0.15) is 0 Å². The van der Waals surface area contributed by atoms with Crippen LogP contribution in [-0.4, -0.2) is 18.8 Å². The third-order valence-electron chi connectivity index (χ3n) is 3.08. The molecule has 0 aliphatic heterocycles. The zero-order valence-corrected chi connectivity index (χ0v) is 11.7. The number of benzene rings is 1. The van der Waals surface area contributed by atoms with Crippen LogP contribution in [0, 0.1) is 5.41 Å². The summed E-state index contributed by atoms with van der Waals surface area (Å²) in [5.74, 6) is 0.839. The van der Waals surface area contributed by atoms with Crippen molar-refractivity contribution in [1.82, 2.24) is 0 Å². The van der Waals surface area contributed by atoms with Crippen molar-refractivity contribution in [2.24, 2.45) is 5.41 Å². The highest BCUT2D eigenvalue weighted by Gasteiger charge is 2.21. The van der Waals surface area contributed by atoms with E-state index in [0.717, 1.165) is 23.1 Å². The molecule has 1 N–H and O–H groups in total. The molecule has 0 heterocycles. The molecule has 0 aromatic heterocycles. The maximum absolute atomic E-state index is 9.38. The van der Waals surface area contributed by atoms with Crippen LogP contribution in [0.3, 0.4) is 0 Å². The number of ether oxygens (including phenoxy) is 1. The second-order valence-electron chi connectivity index (χ2n) is 4.47. The first kappa shape index (κ1) is 13.5. The Morgan fingerprint density at radius 3 is 2.56 bits per heavy atom. The zero-order valence-electron chi connectivity index (χ0n) is 10.1. The Morgan fingerprint density at radius 2 is 2.12 bits per heavy atom. The fourth-order valence-corrected chi connectivity index (χ4v) is 2.19. The highest BCUT2D eigenvalue weighted by atomic mass is 79.9. The predicted octanol–water partition coefficient (Wildman–Crippen LogP) is 3.41. The van der Waals surface area contributed by atoms with Crippen molar-refractivity contribution < 1.29 is 9.84 Å². The Balaban J connectivity index is 2.86. The normalized spacial score (nSPS) is 14.6. The Hall–Kier alpha value is -0.540. The van der Waals surface area contributed by atoms with Gasteiger partial charge in [0.05, 0.1) is 11.6 Å². The maximum Gasteiger partial charge on any atom is 0.133 e. The highest BCUT2D eigenvalue weighted by Crippen LogP contribution is 2.30. The first-order chi connectivity index (χ1) is 7.54. The minimum atomic E-state index is -0.0337. The van der Waals surface area contributed by atoms with E-state index in [1.807, 2.05) is 12.1 Å². The molecule has 0 aliphatic rings. The number of aliphatic hydroxyl groups excluding tert-OH is 1. The molecular weight excluding hydrogens is 268 g/mol. The second-order valence-corrected chi connectivity index (χ2v) is 5.32. The fourth-order valence-electron chi connectivity index (χ4n) is 1.61. The van der Waals surface area contributed by atoms with Gasteiger partial charge < -0.3 is 9.84 Å². The summed E-state index contributed by atoms with van der Waals surface area (Å²) in [6.07, 6.45) is 1.84. The average Bonchev–Trinajstić information content (AvgIpc) is 2.29. The summed E-state index contributed by atoms with van der Waals surface area (Å²) >= 11 is 3.47. The van der Waals surface area contributed by atoms with Gasteiger partial charge in [-0.1, -0.05) is 19.9 Å². The van der Waals surface area contributed by atoms with Gasteiger partial charge >= 0.3 is 0 Å². The van der Waals surface area contributed by atoms with Crippen LogP contribution in [0.1, 0.15) is 25.8 Å². The topological polar surface area (TPSA) is 29.5 Å². The summed E-state index contributed by atoms with van der Waals surface area (Å²) < 4.78 is 6.15. The van der Waals surface area contributed by atoms with Crippen molar-refractivity contribution in [3.8, 4) is 5.75 Å². The van der Waals surface area contributed by atoms with Gasteiger partial charge in [0.1, 0.15) is 5.75 Å². The number of hydrogen-bond acceptors (Lipinski definition) is 2. The molecule has 0 bridgehead atoms. The number of aliphatic hydroxyl groups is 1. The predicted molar refractivity (Wildman–Crippen MR) is 69.9 cm³/mol. The molecule has 1 rings (SSSR count). The van der Waals surface area contributed by atoms with E-state index in [4.69, 9.17) is 4.74 Å². The molecule has 1 aromatic rings. The Bertz CT molecular complexity index is 346. The van der Waals surface area contributed by atoms with Crippen LogP contribution in [0.2, 0.25) is 0 Å². The van der Waals surface area contributed by atoms with E-state index in [1.54, 1.807) is 7.11 Å². The largest absolute Gasteiger partial charge is 0.496 e. The first-order valence-corrected chi connectivity index (χ1v) is 6.27. The van der Waals surface area contributed by atoms with Crippen LogP contribution in [0.25, 0.3) is 0 Å². The van der Waals surface area contributed by atoms with E-state index >= 15 is 0 Å². The summed E-state index contributed by atoms with van der Waals surface area (Å²) in [7, 11) is 1.66. The molecular formula is C13H19BrO2. The number of methoxy groups -OCH3 is 1. The summed E-state index contributed by atoms with van der Waals surface area (Å²) in [6, 6.07) is 6.06. The lowest BCUT2D eigenvalue weighted by atomic mass is 9.82. The Kier molecular flexibility index (Phi) is 4.81. The van der Waals surface area contributed by atoms with Crippen molar-refractivity contribution in [1.29, 1.82) is 0 Å². The highest BCUT2D eigenvalue weighted by molar-refractivity contribution is 9.10. The Labute approximate surface area is 106 Å². The summed E-state index contributed by atoms with van der Waals surface area (Å²) in [5, 5.41) is 9.38. The lowest BCUT2D eigenvalue weighted by molar-refractivity contribution is 0.137. The van der Waals surface area contributed by atoms with Crippen molar-refractivity contribution in [2.45, 2.75) is 26.7 Å². The summed E-state index contributed by atoms with van der Waals surface area (Å²) in [4.78, 5) is 0. The quantitative estimate of drug-likeness (QED) is 0.899. The molecule has 1 aromatic carbocycles. The molecule has 1 atom stereocenters. The van der Waals surface area contributed by atoms with E-state index in [0.29, 0.717) is 0 Å². The van der Waals surface area contributed by atoms with Crippen LogP contribution in [0.15, 0.2) is 22.7 Å². The third kappa shape index (κ3) is 3.22. The number of hydrogen-bond donors (Lipinski definition) is 1. The van der Waals surface area contributed by atoms with Gasteiger partial charge in [0, 0.05) is 6.61 Å². The van der Waals surface area contributed by atoms with Gasteiger partial charge in [0.25, 0.3) is 0 Å². The fraction of sp³-hybridized carbons (Fsp3) is 0.538. The molecule has 0 aliphatic carbocycles. The van der Waals surface area contributed by atoms with E-state index in [9.17, 15) is 5.11 Å². The number of rotatable bonds is 5. The van der Waals surface area contributed by atoms with Crippen LogP contribution in [-0.2, 0) is 6.42 Å². The van der Waals surface area contributed by atoms with Gasteiger partial charge in [-0.05, 0) is 51.9 Å². The monoisotopic (exact) mass is 286 g/mol. The van der Waals surface area contributed by atoms with E-state index in [2.05, 4.69) is 35.8 Å². The van der Waals surface area contributed by atoms with Crippen LogP contribution < -0.4 is 4.74 Å². The van der Waals surface area contributed by atoms with Crippen molar-refractivity contribution in [3.63, 3.8) is 0 Å². The SMILES string of the molecule is CCC(C)(CO)Cc1ccc(OC)c(Br)c1. The van der Waals surface area contributed by atoms with Crippen LogP contribution in [0.4, 0.5) is 0 Å². The van der Waals surface area contributed by atoms with Crippen molar-refractivity contribution in [2.75, 3.05) is 13.7 Å². The standard InChI is InChI=1S/C13H19BrO2/c1-4-13(2,9-15)8-10-5-6-12(16-3)11(14)7-10/h5-7,15H,4,8-9H2,1-3H3. The first-order valence-electron chi connectivity index (χ1n) is 5.48. The molecule has 0 fully saturated rings. The second kappa shape index (κ2) is 5.69. The van der Waals surface area contributed by atoms with Gasteiger partial charge in [-0.15, -0.1) is 0 Å². The lowest BCUT2D eigenvalue weighted by Gasteiger charge is -2.25. The van der Waals surface area contributed by atoms with E-state index in [-0.39, 0.29) is 12.0 Å². The molecule has 0 radical (unpaired) electrons. The Morgan fingerprint density at radius 1 is 1.44 bits per heavy atom. The molecule has 0 saturated carbocycles.